The van der Waals surface area contributed by atoms with E-state index in [4.69, 9.17) is 18.9 Å². The van der Waals surface area contributed by atoms with Gasteiger partial charge in [0.15, 0.2) is 11.5 Å². The predicted octanol–water partition coefficient (Wildman–Crippen LogP) is 1.99. The third-order valence-electron chi connectivity index (χ3n) is 3.82. The molecule has 2 rings (SSSR count). The second-order valence-corrected chi connectivity index (χ2v) is 5.06. The van der Waals surface area contributed by atoms with Crippen LogP contribution in [0, 0.1) is 0 Å². The molecule has 0 bridgehead atoms. The number of methoxy groups -OCH3 is 3. The Morgan fingerprint density at radius 3 is 2.00 bits per heavy atom. The SMILES string of the molecule is CCOC(=O)N1CCN(c2cc(OC)c(OC)c(OC)c2)CC1. The molecule has 1 aromatic rings. The molecular formula is C16H24N2O5. The Hall–Kier alpha value is -2.31. The third kappa shape index (κ3) is 3.72. The van der Waals surface area contributed by atoms with Crippen molar-refractivity contribution in [1.29, 1.82) is 0 Å². The summed E-state index contributed by atoms with van der Waals surface area (Å²) in [6.07, 6.45) is -0.253. The van der Waals surface area contributed by atoms with Crippen LogP contribution >= 0.6 is 0 Å². The molecule has 7 heteroatoms. The Morgan fingerprint density at radius 2 is 1.57 bits per heavy atom. The molecule has 23 heavy (non-hydrogen) atoms. The molecule has 128 valence electrons. The van der Waals surface area contributed by atoms with Gasteiger partial charge in [0.25, 0.3) is 0 Å². The number of anilines is 1. The molecule has 1 aliphatic heterocycles. The number of ether oxygens (including phenoxy) is 4. The maximum atomic E-state index is 11.8. The van der Waals surface area contributed by atoms with Crippen molar-refractivity contribution in [2.24, 2.45) is 0 Å². The molecule has 1 amide bonds. The van der Waals surface area contributed by atoms with Crippen molar-refractivity contribution >= 4 is 11.8 Å². The second-order valence-electron chi connectivity index (χ2n) is 5.06. The molecule has 0 saturated carbocycles. The summed E-state index contributed by atoms with van der Waals surface area (Å²) in [7, 11) is 4.78. The molecule has 0 aromatic heterocycles. The molecule has 0 unspecified atom stereocenters. The Morgan fingerprint density at radius 1 is 1.00 bits per heavy atom. The average molecular weight is 324 g/mol. The van der Waals surface area contributed by atoms with Crippen LogP contribution in [-0.2, 0) is 4.74 Å². The van der Waals surface area contributed by atoms with Crippen LogP contribution in [0.2, 0.25) is 0 Å². The van der Waals surface area contributed by atoms with Gasteiger partial charge in [-0.3, -0.25) is 0 Å². The minimum absolute atomic E-state index is 0.253. The van der Waals surface area contributed by atoms with E-state index in [1.54, 1.807) is 26.2 Å². The fraction of sp³-hybridized carbons (Fsp3) is 0.562. The molecule has 1 fully saturated rings. The van der Waals surface area contributed by atoms with Crippen LogP contribution in [0.4, 0.5) is 10.5 Å². The van der Waals surface area contributed by atoms with Crippen molar-refractivity contribution in [3.8, 4) is 17.2 Å². The fourth-order valence-corrected chi connectivity index (χ4v) is 2.61. The van der Waals surface area contributed by atoms with Gasteiger partial charge in [0, 0.05) is 44.0 Å². The number of hydrogen-bond acceptors (Lipinski definition) is 6. The minimum Gasteiger partial charge on any atom is -0.493 e. The number of rotatable bonds is 5. The molecule has 0 radical (unpaired) electrons. The van der Waals surface area contributed by atoms with Gasteiger partial charge in [0.05, 0.1) is 27.9 Å². The number of amides is 1. The number of piperazine rings is 1. The van der Waals surface area contributed by atoms with E-state index in [0.717, 1.165) is 18.8 Å². The van der Waals surface area contributed by atoms with E-state index in [-0.39, 0.29) is 6.09 Å². The first kappa shape index (κ1) is 17.1. The second kappa shape index (κ2) is 7.80. The summed E-state index contributed by atoms with van der Waals surface area (Å²) in [5, 5.41) is 0. The van der Waals surface area contributed by atoms with Crippen LogP contribution < -0.4 is 19.1 Å². The lowest BCUT2D eigenvalue weighted by atomic mass is 10.2. The van der Waals surface area contributed by atoms with Crippen molar-refractivity contribution in [1.82, 2.24) is 4.90 Å². The quantitative estimate of drug-likeness (QED) is 0.825. The Kier molecular flexibility index (Phi) is 5.78. The van der Waals surface area contributed by atoms with Gasteiger partial charge in [-0.2, -0.15) is 0 Å². The average Bonchev–Trinajstić information content (AvgIpc) is 2.60. The number of benzene rings is 1. The first-order valence-corrected chi connectivity index (χ1v) is 7.61. The van der Waals surface area contributed by atoms with E-state index in [1.807, 2.05) is 19.1 Å². The van der Waals surface area contributed by atoms with Gasteiger partial charge >= 0.3 is 6.09 Å². The molecule has 0 atom stereocenters. The highest BCUT2D eigenvalue weighted by Gasteiger charge is 2.24. The van der Waals surface area contributed by atoms with Crippen molar-refractivity contribution < 1.29 is 23.7 Å². The Balaban J connectivity index is 2.13. The van der Waals surface area contributed by atoms with E-state index >= 15 is 0 Å². The van der Waals surface area contributed by atoms with Gasteiger partial charge in [0.1, 0.15) is 0 Å². The zero-order valence-corrected chi connectivity index (χ0v) is 14.1. The van der Waals surface area contributed by atoms with E-state index in [1.165, 1.54) is 0 Å². The topological polar surface area (TPSA) is 60.5 Å². The summed E-state index contributed by atoms with van der Waals surface area (Å²) in [5.41, 5.74) is 0.975. The molecule has 1 aromatic carbocycles. The van der Waals surface area contributed by atoms with Crippen LogP contribution in [0.15, 0.2) is 12.1 Å². The molecular weight excluding hydrogens is 300 g/mol. The Bertz CT molecular complexity index is 516. The van der Waals surface area contributed by atoms with Crippen LogP contribution in [0.25, 0.3) is 0 Å². The third-order valence-corrected chi connectivity index (χ3v) is 3.82. The lowest BCUT2D eigenvalue weighted by Crippen LogP contribution is -2.49. The lowest BCUT2D eigenvalue weighted by Gasteiger charge is -2.35. The van der Waals surface area contributed by atoms with Crippen molar-refractivity contribution in [2.75, 3.05) is 59.0 Å². The summed E-state index contributed by atoms with van der Waals surface area (Å²) in [6, 6.07) is 3.84. The number of hydrogen-bond donors (Lipinski definition) is 0. The molecule has 1 aliphatic rings. The van der Waals surface area contributed by atoms with Crippen molar-refractivity contribution in [2.45, 2.75) is 6.92 Å². The van der Waals surface area contributed by atoms with Gasteiger partial charge < -0.3 is 28.7 Å². The zero-order chi connectivity index (χ0) is 16.8. The smallest absolute Gasteiger partial charge is 0.409 e. The molecule has 1 heterocycles. The van der Waals surface area contributed by atoms with Crippen LogP contribution in [0.5, 0.6) is 17.2 Å². The predicted molar refractivity (Wildman–Crippen MR) is 86.9 cm³/mol. The summed E-state index contributed by atoms with van der Waals surface area (Å²) < 4.78 is 21.1. The van der Waals surface area contributed by atoms with Gasteiger partial charge in [-0.15, -0.1) is 0 Å². The summed E-state index contributed by atoms with van der Waals surface area (Å²) in [4.78, 5) is 15.7. The minimum atomic E-state index is -0.253. The summed E-state index contributed by atoms with van der Waals surface area (Å²) in [6.45, 7) is 4.88. The highest BCUT2D eigenvalue weighted by atomic mass is 16.6. The number of carbonyl (C=O) groups excluding carboxylic acids is 1. The van der Waals surface area contributed by atoms with Crippen LogP contribution in [0.1, 0.15) is 6.92 Å². The molecule has 0 aliphatic carbocycles. The maximum absolute atomic E-state index is 11.8. The van der Waals surface area contributed by atoms with E-state index in [9.17, 15) is 4.79 Å². The monoisotopic (exact) mass is 324 g/mol. The first-order chi connectivity index (χ1) is 11.1. The van der Waals surface area contributed by atoms with Gasteiger partial charge in [-0.05, 0) is 6.92 Å². The summed E-state index contributed by atoms with van der Waals surface area (Å²) >= 11 is 0. The fourth-order valence-electron chi connectivity index (χ4n) is 2.61. The van der Waals surface area contributed by atoms with E-state index in [2.05, 4.69) is 4.90 Å². The number of carbonyl (C=O) groups is 1. The van der Waals surface area contributed by atoms with Gasteiger partial charge in [0.2, 0.25) is 5.75 Å². The standard InChI is InChI=1S/C16H24N2O5/c1-5-23-16(19)18-8-6-17(7-9-18)12-10-13(20-2)15(22-4)14(11-12)21-3/h10-11H,5-9H2,1-4H3. The molecule has 1 saturated heterocycles. The molecule has 7 nitrogen and oxygen atoms in total. The lowest BCUT2D eigenvalue weighted by molar-refractivity contribution is 0.105. The maximum Gasteiger partial charge on any atom is 0.409 e. The first-order valence-electron chi connectivity index (χ1n) is 7.61. The van der Waals surface area contributed by atoms with E-state index < -0.39 is 0 Å². The normalized spacial score (nSPS) is 14.4. The molecule has 0 spiro atoms. The number of nitrogens with zero attached hydrogens (tertiary/aromatic N) is 2. The van der Waals surface area contributed by atoms with Crippen LogP contribution in [0.3, 0.4) is 0 Å². The zero-order valence-electron chi connectivity index (χ0n) is 14.1. The van der Waals surface area contributed by atoms with E-state index in [0.29, 0.717) is 36.9 Å². The van der Waals surface area contributed by atoms with Crippen LogP contribution in [-0.4, -0.2) is 65.1 Å². The largest absolute Gasteiger partial charge is 0.493 e. The highest BCUT2D eigenvalue weighted by molar-refractivity contribution is 5.68. The van der Waals surface area contributed by atoms with Gasteiger partial charge in [-0.1, -0.05) is 0 Å². The van der Waals surface area contributed by atoms with Crippen molar-refractivity contribution in [3.05, 3.63) is 12.1 Å². The highest BCUT2D eigenvalue weighted by Crippen LogP contribution is 2.41. The molecule has 0 N–H and O–H groups in total. The Labute approximate surface area is 136 Å². The van der Waals surface area contributed by atoms with Gasteiger partial charge in [-0.25, -0.2) is 4.79 Å². The summed E-state index contributed by atoms with van der Waals surface area (Å²) in [5.74, 6) is 1.81. The van der Waals surface area contributed by atoms with Crippen molar-refractivity contribution in [3.63, 3.8) is 0 Å².